The molecule has 0 aliphatic carbocycles. The maximum Gasteiger partial charge on any atom is 0.234 e. The number of amides is 2. The lowest BCUT2D eigenvalue weighted by Gasteiger charge is -2.24. The van der Waals surface area contributed by atoms with Crippen LogP contribution in [0, 0.1) is 5.41 Å². The van der Waals surface area contributed by atoms with Crippen LogP contribution in [-0.4, -0.2) is 23.2 Å². The van der Waals surface area contributed by atoms with Crippen LogP contribution in [0.3, 0.4) is 0 Å². The van der Waals surface area contributed by atoms with Crippen LogP contribution >= 0.6 is 15.9 Å². The Labute approximate surface area is 153 Å². The Kier molecular flexibility index (Phi) is 7.02. The van der Waals surface area contributed by atoms with Gasteiger partial charge in [0.05, 0.1) is 4.83 Å². The number of halogens is 1. The molecule has 1 rings (SSSR count). The maximum absolute atomic E-state index is 12.0. The molecule has 0 saturated carbocycles. The summed E-state index contributed by atoms with van der Waals surface area (Å²) in [6, 6.07) is 7.86. The van der Waals surface area contributed by atoms with E-state index >= 15 is 0 Å². The van der Waals surface area contributed by atoms with Gasteiger partial charge in [0.2, 0.25) is 11.8 Å². The second-order valence-corrected chi connectivity index (χ2v) is 9.06. The Bertz CT molecular complexity index is 569. The van der Waals surface area contributed by atoms with Crippen molar-refractivity contribution in [1.82, 2.24) is 5.32 Å². The molecule has 0 spiro atoms. The van der Waals surface area contributed by atoms with E-state index in [9.17, 15) is 9.59 Å². The van der Waals surface area contributed by atoms with Crippen LogP contribution in [0.15, 0.2) is 24.3 Å². The van der Waals surface area contributed by atoms with Gasteiger partial charge >= 0.3 is 0 Å². The van der Waals surface area contributed by atoms with Crippen molar-refractivity contribution in [3.8, 4) is 0 Å². The first-order valence-corrected chi connectivity index (χ1v) is 9.15. The van der Waals surface area contributed by atoms with Gasteiger partial charge in [-0.25, -0.2) is 0 Å². The van der Waals surface area contributed by atoms with E-state index in [0.717, 1.165) is 5.69 Å². The van der Waals surface area contributed by atoms with Gasteiger partial charge in [0, 0.05) is 18.7 Å². The molecule has 134 valence electrons. The normalized spacial score (nSPS) is 13.3. The number of alkyl halides is 1. The minimum atomic E-state index is -0.280. The fourth-order valence-corrected chi connectivity index (χ4v) is 2.22. The first-order valence-electron chi connectivity index (χ1n) is 8.23. The van der Waals surface area contributed by atoms with Gasteiger partial charge in [-0.05, 0) is 28.5 Å². The van der Waals surface area contributed by atoms with E-state index in [2.05, 4.69) is 47.3 Å². The fraction of sp³-hybridized carbons (Fsp3) is 0.579. The number of carbonyl (C=O) groups is 2. The molecule has 5 heteroatoms. The summed E-state index contributed by atoms with van der Waals surface area (Å²) in [4.78, 5) is 23.7. The van der Waals surface area contributed by atoms with Crippen LogP contribution in [-0.2, 0) is 15.0 Å². The van der Waals surface area contributed by atoms with Crippen LogP contribution in [0.5, 0.6) is 0 Å². The van der Waals surface area contributed by atoms with Gasteiger partial charge in [-0.15, -0.1) is 0 Å². The van der Waals surface area contributed by atoms with Gasteiger partial charge in [0.1, 0.15) is 0 Å². The third-order valence-electron chi connectivity index (χ3n) is 3.68. The minimum absolute atomic E-state index is 0.0894. The van der Waals surface area contributed by atoms with Gasteiger partial charge in [-0.3, -0.25) is 9.59 Å². The van der Waals surface area contributed by atoms with Gasteiger partial charge in [0.25, 0.3) is 0 Å². The molecule has 0 heterocycles. The molecule has 0 aliphatic heterocycles. The van der Waals surface area contributed by atoms with Crippen molar-refractivity contribution in [2.45, 2.75) is 58.2 Å². The Morgan fingerprint density at radius 3 is 2.04 bits per heavy atom. The molecule has 1 aromatic rings. The highest BCUT2D eigenvalue weighted by Gasteiger charge is 2.28. The highest BCUT2D eigenvalue weighted by molar-refractivity contribution is 9.10. The number of carbonyl (C=O) groups excluding carboxylic acids is 2. The molecule has 2 N–H and O–H groups in total. The summed E-state index contributed by atoms with van der Waals surface area (Å²) in [5.41, 5.74) is 1.92. The molecule has 0 fully saturated rings. The molecule has 4 nitrogen and oxygen atoms in total. The van der Waals surface area contributed by atoms with Crippen LogP contribution in [0.2, 0.25) is 0 Å². The van der Waals surface area contributed by atoms with E-state index < -0.39 is 0 Å². The molecule has 1 atom stereocenters. The lowest BCUT2D eigenvalue weighted by atomic mass is 9.87. The number of nitrogens with one attached hydrogen (secondary N) is 2. The highest BCUT2D eigenvalue weighted by atomic mass is 79.9. The van der Waals surface area contributed by atoms with Crippen molar-refractivity contribution >= 4 is 33.4 Å². The molecule has 0 bridgehead atoms. The summed E-state index contributed by atoms with van der Waals surface area (Å²) in [6.45, 7) is 12.7. The topological polar surface area (TPSA) is 58.2 Å². The van der Waals surface area contributed by atoms with Crippen LogP contribution in [0.1, 0.15) is 53.5 Å². The zero-order chi connectivity index (χ0) is 18.5. The summed E-state index contributed by atoms with van der Waals surface area (Å²) in [5.74, 6) is -0.203. The van der Waals surface area contributed by atoms with Crippen molar-refractivity contribution < 1.29 is 9.59 Å². The largest absolute Gasteiger partial charge is 0.355 e. The molecule has 1 aromatic carbocycles. The third-order valence-corrected chi connectivity index (χ3v) is 5.47. The summed E-state index contributed by atoms with van der Waals surface area (Å²) in [6.07, 6.45) is 0.247. The number of benzene rings is 1. The number of anilines is 1. The van der Waals surface area contributed by atoms with E-state index in [-0.39, 0.29) is 33.9 Å². The van der Waals surface area contributed by atoms with Crippen LogP contribution < -0.4 is 10.6 Å². The smallest absolute Gasteiger partial charge is 0.234 e. The standard InChI is InChI=1S/C19H29BrN2O2/c1-18(2,3)13-7-9-14(10-8-13)22-15(23)11-12-21-17(24)16(20)19(4,5)6/h7-10,16H,11-12H2,1-6H3,(H,21,24)(H,22,23)/t16-/m0/s1. The maximum atomic E-state index is 12.0. The summed E-state index contributed by atoms with van der Waals surface area (Å²) in [5, 5.41) is 5.64. The Morgan fingerprint density at radius 2 is 1.58 bits per heavy atom. The van der Waals surface area contributed by atoms with E-state index in [0.29, 0.717) is 6.54 Å². The first-order chi connectivity index (χ1) is 10.9. The van der Waals surface area contributed by atoms with E-state index in [4.69, 9.17) is 0 Å². The van der Waals surface area contributed by atoms with Gasteiger partial charge < -0.3 is 10.6 Å². The Hall–Kier alpha value is -1.36. The van der Waals surface area contributed by atoms with Crippen molar-refractivity contribution in [1.29, 1.82) is 0 Å². The average molecular weight is 397 g/mol. The quantitative estimate of drug-likeness (QED) is 0.731. The van der Waals surface area contributed by atoms with Crippen molar-refractivity contribution in [3.63, 3.8) is 0 Å². The number of hydrogen-bond donors (Lipinski definition) is 2. The minimum Gasteiger partial charge on any atom is -0.355 e. The van der Waals surface area contributed by atoms with E-state index in [1.165, 1.54) is 5.56 Å². The van der Waals surface area contributed by atoms with E-state index in [1.807, 2.05) is 45.0 Å². The molecule has 2 amide bonds. The van der Waals surface area contributed by atoms with Crippen LogP contribution in [0.4, 0.5) is 5.69 Å². The molecule has 0 aromatic heterocycles. The second-order valence-electron chi connectivity index (χ2n) is 8.15. The summed E-state index contributed by atoms with van der Waals surface area (Å²) >= 11 is 3.39. The average Bonchev–Trinajstić information content (AvgIpc) is 2.44. The molecule has 0 radical (unpaired) electrons. The van der Waals surface area contributed by atoms with Gasteiger partial charge in [-0.2, -0.15) is 0 Å². The van der Waals surface area contributed by atoms with E-state index in [1.54, 1.807) is 0 Å². The Balaban J connectivity index is 2.43. The molecule has 0 aliphatic rings. The lowest BCUT2D eigenvalue weighted by molar-refractivity contribution is -0.122. The third kappa shape index (κ3) is 6.63. The van der Waals surface area contributed by atoms with Crippen molar-refractivity contribution in [2.24, 2.45) is 5.41 Å². The first kappa shape index (κ1) is 20.7. The lowest BCUT2D eigenvalue weighted by Crippen LogP contribution is -2.39. The van der Waals surface area contributed by atoms with Gasteiger partial charge in [0.15, 0.2) is 0 Å². The Morgan fingerprint density at radius 1 is 1.04 bits per heavy atom. The molecule has 24 heavy (non-hydrogen) atoms. The highest BCUT2D eigenvalue weighted by Crippen LogP contribution is 2.26. The SMILES string of the molecule is CC(C)(C)c1ccc(NC(=O)CCNC(=O)[C@H](Br)C(C)(C)C)cc1. The molecule has 0 unspecified atom stereocenters. The number of hydrogen-bond acceptors (Lipinski definition) is 2. The van der Waals surface area contributed by atoms with Crippen molar-refractivity contribution in [2.75, 3.05) is 11.9 Å². The fourth-order valence-electron chi connectivity index (χ4n) is 2.06. The van der Waals surface area contributed by atoms with Crippen LogP contribution in [0.25, 0.3) is 0 Å². The molecular formula is C19H29BrN2O2. The zero-order valence-electron chi connectivity index (χ0n) is 15.5. The number of rotatable bonds is 5. The zero-order valence-corrected chi connectivity index (χ0v) is 17.1. The molecular weight excluding hydrogens is 368 g/mol. The van der Waals surface area contributed by atoms with Gasteiger partial charge in [-0.1, -0.05) is 69.6 Å². The predicted molar refractivity (Wildman–Crippen MR) is 104 cm³/mol. The summed E-state index contributed by atoms with van der Waals surface area (Å²) in [7, 11) is 0. The second kappa shape index (κ2) is 8.15. The van der Waals surface area contributed by atoms with Crippen molar-refractivity contribution in [3.05, 3.63) is 29.8 Å². The predicted octanol–water partition coefficient (Wildman–Crippen LogP) is 4.24. The summed E-state index contributed by atoms with van der Waals surface area (Å²) < 4.78 is 0. The molecule has 0 saturated heterocycles. The monoisotopic (exact) mass is 396 g/mol.